The van der Waals surface area contributed by atoms with Crippen molar-refractivity contribution in [1.82, 2.24) is 42.5 Å². The van der Waals surface area contributed by atoms with E-state index in [0.29, 0.717) is 55.1 Å². The summed E-state index contributed by atoms with van der Waals surface area (Å²) >= 11 is 0. The van der Waals surface area contributed by atoms with E-state index in [0.717, 1.165) is 22.3 Å². The summed E-state index contributed by atoms with van der Waals surface area (Å²) in [5.74, 6) is 5.51. The van der Waals surface area contributed by atoms with Gasteiger partial charge in [0, 0.05) is 12.8 Å². The molecule has 2 aliphatic rings. The van der Waals surface area contributed by atoms with Crippen LogP contribution in [0.15, 0.2) is 84.9 Å². The lowest BCUT2D eigenvalue weighted by Crippen LogP contribution is -2.56. The highest BCUT2D eigenvalue weighted by molar-refractivity contribution is 6.01. The third kappa shape index (κ3) is 13.0. The Morgan fingerprint density at radius 2 is 1.06 bits per heavy atom. The van der Waals surface area contributed by atoms with Crippen LogP contribution in [-0.4, -0.2) is 120 Å². The van der Waals surface area contributed by atoms with Gasteiger partial charge in [-0.2, -0.15) is 0 Å². The highest BCUT2D eigenvalue weighted by Crippen LogP contribution is 2.36. The largest absolute Gasteiger partial charge is 0.496 e. The van der Waals surface area contributed by atoms with Gasteiger partial charge in [-0.15, -0.1) is 11.8 Å². The quantitative estimate of drug-likeness (QED) is 0.0296. The Balaban J connectivity index is 1.15. The van der Waals surface area contributed by atoms with E-state index in [1.165, 1.54) is 28.4 Å². The lowest BCUT2D eigenvalue weighted by molar-refractivity contribution is -0.130. The number of nitrogens with one attached hydrogen (secondary N) is 8. The van der Waals surface area contributed by atoms with Crippen LogP contribution in [0.5, 0.6) is 23.0 Å². The van der Waals surface area contributed by atoms with Crippen molar-refractivity contribution in [3.63, 3.8) is 0 Å². The Bertz CT molecular complexity index is 2570. The highest BCUT2D eigenvalue weighted by atomic mass is 16.5. The van der Waals surface area contributed by atoms with Gasteiger partial charge in [0.05, 0.1) is 70.7 Å². The van der Waals surface area contributed by atoms with E-state index < -0.39 is 78.2 Å². The maximum atomic E-state index is 14.3. The van der Waals surface area contributed by atoms with Crippen molar-refractivity contribution < 1.29 is 48.0 Å². The van der Waals surface area contributed by atoms with Crippen LogP contribution in [0.3, 0.4) is 0 Å². The predicted molar refractivity (Wildman–Crippen MR) is 272 cm³/mol. The number of hydrogen-bond acceptors (Lipinski definition) is 13. The zero-order chi connectivity index (χ0) is 51.9. The fourth-order valence-corrected chi connectivity index (χ4v) is 9.09. The summed E-state index contributed by atoms with van der Waals surface area (Å²) < 4.78 is 22.0. The van der Waals surface area contributed by atoms with Crippen LogP contribution in [0.25, 0.3) is 0 Å². The number of aliphatic hydroxyl groups excluding tert-OH is 1. The zero-order valence-electron chi connectivity index (χ0n) is 42.1. The van der Waals surface area contributed by atoms with Crippen LogP contribution in [0.1, 0.15) is 94.6 Å². The van der Waals surface area contributed by atoms with Crippen molar-refractivity contribution in [1.29, 1.82) is 0 Å². The molecule has 0 saturated heterocycles. The molecule has 4 aromatic carbocycles. The lowest BCUT2D eigenvalue weighted by Gasteiger charge is -2.31. The summed E-state index contributed by atoms with van der Waals surface area (Å²) in [6.07, 6.45) is 0.703. The Morgan fingerprint density at radius 1 is 0.597 bits per heavy atom. The normalized spacial score (nSPS) is 18.5. The summed E-state index contributed by atoms with van der Waals surface area (Å²) in [4.78, 5) is 68.6. The smallest absolute Gasteiger partial charge is 0.259 e. The first-order chi connectivity index (χ1) is 34.8. The number of carbonyl (C=O) groups is 5. The van der Waals surface area contributed by atoms with Gasteiger partial charge in [-0.3, -0.25) is 29.3 Å². The second kappa shape index (κ2) is 25.8. The number of methoxy groups -OCH3 is 4. The molecule has 0 spiro atoms. The van der Waals surface area contributed by atoms with Crippen LogP contribution < -0.4 is 61.5 Å². The molecular formula is C54H68N8O10. The first-order valence-electron chi connectivity index (χ1n) is 24.1. The number of aliphatic hydroxyl groups is 1. The van der Waals surface area contributed by atoms with Crippen LogP contribution in [-0.2, 0) is 27.2 Å². The third-order valence-electron chi connectivity index (χ3n) is 13.3. The Hall–Kier alpha value is -7.17. The molecule has 384 valence electrons. The van der Waals surface area contributed by atoms with Gasteiger partial charge in [-0.1, -0.05) is 60.7 Å². The molecule has 0 fully saturated rings. The van der Waals surface area contributed by atoms with E-state index in [9.17, 15) is 29.1 Å². The van der Waals surface area contributed by atoms with Gasteiger partial charge >= 0.3 is 0 Å². The summed E-state index contributed by atoms with van der Waals surface area (Å²) in [7, 11) is 9.21. The standard InChI is InChI=1S/C54H68N8O10/c1-31(55-3)49(63)57-37(51(65)61-47-35-21-15-13-19-33(35)29-39(47)59-53(67)45-41(69-5)25-17-26-42(45)70-6)23-11-9-10-12-24-38(58-50(64)32(2)56-4)52(66)62-48-36-22-16-14-20-34(36)30-40(48)60-54(68)46-43(71-7)27-18-28-44(46)72-8/h13-22,25-28,31-32,37-40,47-48,51,55-56,61,65H,9,11,23-24,29-30H2,1-8H3,(H,57,63)(H,58,64)(H,59,67)(H,60,68)(H,62,66). The molecule has 6 rings (SSSR count). The number of benzene rings is 4. The summed E-state index contributed by atoms with van der Waals surface area (Å²) in [6.45, 7) is 3.39. The van der Waals surface area contributed by atoms with E-state index >= 15 is 0 Å². The maximum Gasteiger partial charge on any atom is 0.259 e. The molecule has 0 aromatic heterocycles. The molecule has 0 saturated carbocycles. The van der Waals surface area contributed by atoms with E-state index in [2.05, 4.69) is 54.4 Å². The van der Waals surface area contributed by atoms with E-state index in [1.807, 2.05) is 48.5 Å². The minimum absolute atomic E-state index is 0.0310. The molecule has 9 atom stereocenters. The lowest BCUT2D eigenvalue weighted by atomic mass is 10.0. The summed E-state index contributed by atoms with van der Waals surface area (Å²) in [5, 5.41) is 36.2. The van der Waals surface area contributed by atoms with E-state index in [4.69, 9.17) is 18.9 Å². The first kappa shape index (κ1) is 54.2. The molecule has 18 heteroatoms. The number of ether oxygens (including phenoxy) is 4. The number of hydrogen-bond donors (Lipinski definition) is 9. The summed E-state index contributed by atoms with van der Waals surface area (Å²) in [6, 6.07) is 20.3. The first-order valence-corrected chi connectivity index (χ1v) is 24.1. The predicted octanol–water partition coefficient (Wildman–Crippen LogP) is 2.99. The maximum absolute atomic E-state index is 14.3. The fourth-order valence-electron chi connectivity index (χ4n) is 9.09. The summed E-state index contributed by atoms with van der Waals surface area (Å²) in [5.41, 5.74) is 4.13. The number of carbonyl (C=O) groups excluding carboxylic acids is 5. The van der Waals surface area contributed by atoms with Gasteiger partial charge in [-0.25, -0.2) is 0 Å². The molecular weight excluding hydrogens is 921 g/mol. The molecule has 4 aromatic rings. The molecule has 9 unspecified atom stereocenters. The van der Waals surface area contributed by atoms with Crippen molar-refractivity contribution >= 4 is 29.5 Å². The molecule has 0 heterocycles. The second-order valence-electron chi connectivity index (χ2n) is 17.8. The van der Waals surface area contributed by atoms with Gasteiger partial charge in [0.15, 0.2) is 0 Å². The van der Waals surface area contributed by atoms with Gasteiger partial charge in [0.2, 0.25) is 17.7 Å². The molecule has 9 N–H and O–H groups in total. The van der Waals surface area contributed by atoms with Crippen LogP contribution in [0, 0.1) is 11.8 Å². The molecule has 0 bridgehead atoms. The molecule has 5 amide bonds. The van der Waals surface area contributed by atoms with Gasteiger partial charge in [0.1, 0.15) is 46.4 Å². The Labute approximate surface area is 421 Å². The molecule has 0 radical (unpaired) electrons. The fraction of sp³-hybridized carbons (Fsp3) is 0.426. The number of rotatable bonds is 23. The van der Waals surface area contributed by atoms with Gasteiger partial charge < -0.3 is 61.3 Å². The number of unbranched alkanes of at least 4 members (excludes halogenated alkanes) is 1. The molecule has 2 aliphatic carbocycles. The monoisotopic (exact) mass is 989 g/mol. The zero-order valence-corrected chi connectivity index (χ0v) is 42.1. The Morgan fingerprint density at radius 3 is 1.54 bits per heavy atom. The van der Waals surface area contributed by atoms with Crippen molar-refractivity contribution in [3.8, 4) is 34.8 Å². The SMILES string of the molecule is CNC(C)C(=O)NC(CC#CCCCC(NC(=O)C(C)NC)C(O)NC1c2ccccc2CC1NC(=O)c1c(OC)cccc1OC)C(=O)NC1c2ccccc2CC1NC(=O)c1c(OC)cccc1OC. The van der Waals surface area contributed by atoms with Crippen LogP contribution in [0.4, 0.5) is 0 Å². The van der Waals surface area contributed by atoms with Crippen molar-refractivity contribution in [2.75, 3.05) is 42.5 Å². The number of fused-ring (bicyclic) bond motifs is 2. The third-order valence-corrected chi connectivity index (χ3v) is 13.3. The van der Waals surface area contributed by atoms with Crippen molar-refractivity contribution in [2.24, 2.45) is 0 Å². The minimum atomic E-state index is -1.26. The highest BCUT2D eigenvalue weighted by Gasteiger charge is 2.39. The molecule has 0 aliphatic heterocycles. The van der Waals surface area contributed by atoms with Crippen molar-refractivity contribution in [2.45, 2.75) is 107 Å². The van der Waals surface area contributed by atoms with Crippen LogP contribution >= 0.6 is 0 Å². The minimum Gasteiger partial charge on any atom is -0.496 e. The Kier molecular flexibility index (Phi) is 19.4. The number of amides is 5. The molecule has 18 nitrogen and oxygen atoms in total. The topological polar surface area (TPSA) is 239 Å². The van der Waals surface area contributed by atoms with Crippen molar-refractivity contribution in [3.05, 3.63) is 118 Å². The average molecular weight is 989 g/mol. The molecule has 72 heavy (non-hydrogen) atoms. The van der Waals surface area contributed by atoms with Crippen LogP contribution in [0.2, 0.25) is 0 Å². The average Bonchev–Trinajstić information content (AvgIpc) is 3.92. The van der Waals surface area contributed by atoms with Gasteiger partial charge in [-0.05, 0) is 100 Å². The van der Waals surface area contributed by atoms with E-state index in [1.54, 1.807) is 64.3 Å². The van der Waals surface area contributed by atoms with Gasteiger partial charge in [0.25, 0.3) is 11.8 Å². The number of likely N-dealkylation sites (N-methyl/N-ethyl adjacent to an activating group) is 2. The second-order valence-corrected chi connectivity index (χ2v) is 17.8. The van der Waals surface area contributed by atoms with E-state index in [-0.39, 0.29) is 23.5 Å².